The normalized spacial score (nSPS) is 8.89. The second kappa shape index (κ2) is 5.47. The molecule has 0 amide bonds. The Bertz CT molecular complexity index is 91.0. The molecule has 0 aromatic heterocycles. The maximum atomic E-state index is 7.83. The minimum absolute atomic E-state index is 1.21. The van der Waals surface area contributed by atoms with Crippen molar-refractivity contribution in [1.82, 2.24) is 5.32 Å². The summed E-state index contributed by atoms with van der Waals surface area (Å²) in [7, 11) is 1.21. The highest BCUT2D eigenvalue weighted by Crippen LogP contribution is 1.77. The number of aliphatic hydroxyl groups is 3. The van der Waals surface area contributed by atoms with Gasteiger partial charge in [0.15, 0.2) is 0 Å². The van der Waals surface area contributed by atoms with Gasteiger partial charge in [-0.25, -0.2) is 5.32 Å². The fourth-order valence-corrected chi connectivity index (χ4v) is 0. The van der Waals surface area contributed by atoms with E-state index < -0.39 is 6.10 Å². The number of hydrogen-bond acceptors (Lipinski definition) is 5. The van der Waals surface area contributed by atoms with E-state index in [9.17, 15) is 0 Å². The van der Waals surface area contributed by atoms with E-state index in [0.29, 0.717) is 0 Å². The lowest BCUT2D eigenvalue weighted by molar-refractivity contribution is -0.328. The van der Waals surface area contributed by atoms with Gasteiger partial charge in [0.05, 0.1) is 6.07 Å². The lowest BCUT2D eigenvalue weighted by atomic mass is 10.9. The Hall–Kier alpha value is -0.670. The molecule has 0 fully saturated rings. The Morgan fingerprint density at radius 1 is 1.44 bits per heavy atom. The quantitative estimate of drug-likeness (QED) is 0.321. The van der Waals surface area contributed by atoms with Gasteiger partial charge in [0.1, 0.15) is 0 Å². The van der Waals surface area contributed by atoms with Crippen molar-refractivity contribution in [3.63, 3.8) is 0 Å². The maximum Gasteiger partial charge on any atom is 0.342 e. The van der Waals surface area contributed by atoms with Crippen molar-refractivity contribution in [1.29, 1.82) is 5.26 Å². The number of nitriles is 1. The molecule has 0 saturated carbocycles. The molecule has 0 aromatic carbocycles. The standard InChI is InChI=1S/C2H7NO3.C2H3N/c1-3-2(4,5)6;1-2-3/h3-6H,1H3;1H3. The van der Waals surface area contributed by atoms with E-state index in [0.717, 1.165) is 0 Å². The van der Waals surface area contributed by atoms with E-state index in [1.807, 2.05) is 0 Å². The van der Waals surface area contributed by atoms with Crippen LogP contribution in [0.1, 0.15) is 6.92 Å². The Morgan fingerprint density at radius 2 is 1.56 bits per heavy atom. The molecule has 54 valence electrons. The fourth-order valence-electron chi connectivity index (χ4n) is 0. The first kappa shape index (κ1) is 11.2. The zero-order chi connectivity index (χ0) is 7.91. The molecule has 5 nitrogen and oxygen atoms in total. The molecule has 0 spiro atoms. The van der Waals surface area contributed by atoms with Gasteiger partial charge in [-0.3, -0.25) is 0 Å². The zero-order valence-corrected chi connectivity index (χ0v) is 5.29. The molecule has 9 heavy (non-hydrogen) atoms. The highest BCUT2D eigenvalue weighted by Gasteiger charge is 2.11. The van der Waals surface area contributed by atoms with E-state index in [1.54, 1.807) is 11.4 Å². The Kier molecular flexibility index (Phi) is 6.78. The second-order valence-corrected chi connectivity index (χ2v) is 1.11. The van der Waals surface area contributed by atoms with Gasteiger partial charge in [-0.1, -0.05) is 0 Å². The third-order valence-electron chi connectivity index (χ3n) is 0.335. The van der Waals surface area contributed by atoms with E-state index in [2.05, 4.69) is 0 Å². The fraction of sp³-hybridized carbons (Fsp3) is 0.750. The van der Waals surface area contributed by atoms with Crippen molar-refractivity contribution in [2.45, 2.75) is 13.0 Å². The molecule has 0 aromatic rings. The Balaban J connectivity index is 0. The van der Waals surface area contributed by atoms with Crippen LogP contribution in [-0.2, 0) is 0 Å². The summed E-state index contributed by atoms with van der Waals surface area (Å²) in [5.74, 6) is 0. The molecule has 0 aliphatic rings. The van der Waals surface area contributed by atoms with Crippen molar-refractivity contribution >= 4 is 0 Å². The first-order valence-corrected chi connectivity index (χ1v) is 2.14. The molecule has 0 saturated heterocycles. The van der Waals surface area contributed by atoms with Gasteiger partial charge < -0.3 is 15.3 Å². The van der Waals surface area contributed by atoms with E-state index in [4.69, 9.17) is 20.6 Å². The monoisotopic (exact) mass is 134 g/mol. The number of nitrogens with one attached hydrogen (secondary N) is 1. The average molecular weight is 134 g/mol. The SMILES string of the molecule is CC#N.CNC(O)(O)O. The molecular formula is C4H10N2O3. The summed E-state index contributed by atoms with van der Waals surface area (Å²) < 4.78 is 0. The highest BCUT2D eigenvalue weighted by atomic mass is 16.7. The van der Waals surface area contributed by atoms with E-state index in [1.165, 1.54) is 14.0 Å². The maximum absolute atomic E-state index is 7.83. The molecule has 0 rings (SSSR count). The summed E-state index contributed by atoms with van der Waals surface area (Å²) in [4.78, 5) is 0. The third kappa shape index (κ3) is 38.4. The van der Waals surface area contributed by atoms with Crippen LogP contribution >= 0.6 is 0 Å². The minimum atomic E-state index is -2.71. The van der Waals surface area contributed by atoms with Crippen LogP contribution in [-0.4, -0.2) is 28.5 Å². The van der Waals surface area contributed by atoms with Gasteiger partial charge in [-0.2, -0.15) is 5.26 Å². The van der Waals surface area contributed by atoms with Crippen LogP contribution in [0.3, 0.4) is 0 Å². The zero-order valence-electron chi connectivity index (χ0n) is 5.29. The van der Waals surface area contributed by atoms with Gasteiger partial charge in [-0.05, 0) is 7.05 Å². The van der Waals surface area contributed by atoms with Gasteiger partial charge in [0, 0.05) is 6.92 Å². The molecule has 0 radical (unpaired) electrons. The second-order valence-electron chi connectivity index (χ2n) is 1.11. The summed E-state index contributed by atoms with van der Waals surface area (Å²) in [6.07, 6.45) is -2.71. The predicted octanol–water partition coefficient (Wildman–Crippen LogP) is -1.68. The molecular weight excluding hydrogens is 124 g/mol. The first-order valence-electron chi connectivity index (χ1n) is 2.14. The Morgan fingerprint density at radius 3 is 1.56 bits per heavy atom. The van der Waals surface area contributed by atoms with Crippen molar-refractivity contribution < 1.29 is 15.3 Å². The molecule has 0 unspecified atom stereocenters. The summed E-state index contributed by atoms with van der Waals surface area (Å²) in [6, 6.07) is 1.75. The Labute approximate surface area is 53.2 Å². The largest absolute Gasteiger partial charge is 0.342 e. The smallest absolute Gasteiger partial charge is 0.330 e. The van der Waals surface area contributed by atoms with Crippen molar-refractivity contribution in [2.24, 2.45) is 0 Å². The first-order chi connectivity index (χ1) is 3.97. The number of rotatable bonds is 1. The van der Waals surface area contributed by atoms with Crippen molar-refractivity contribution in [3.8, 4) is 6.07 Å². The summed E-state index contributed by atoms with van der Waals surface area (Å²) >= 11 is 0. The van der Waals surface area contributed by atoms with Gasteiger partial charge in [0.25, 0.3) is 0 Å². The van der Waals surface area contributed by atoms with E-state index >= 15 is 0 Å². The van der Waals surface area contributed by atoms with Crippen LogP contribution < -0.4 is 5.32 Å². The highest BCUT2D eigenvalue weighted by molar-refractivity contribution is 4.51. The van der Waals surface area contributed by atoms with Gasteiger partial charge >= 0.3 is 6.10 Å². The van der Waals surface area contributed by atoms with Crippen LogP contribution in [0.2, 0.25) is 0 Å². The van der Waals surface area contributed by atoms with E-state index in [-0.39, 0.29) is 0 Å². The summed E-state index contributed by atoms with van der Waals surface area (Å²) in [5, 5.41) is 32.6. The van der Waals surface area contributed by atoms with Gasteiger partial charge in [-0.15, -0.1) is 0 Å². The third-order valence-corrected chi connectivity index (χ3v) is 0.335. The molecule has 0 aliphatic carbocycles. The molecule has 0 aliphatic heterocycles. The van der Waals surface area contributed by atoms with Crippen LogP contribution in [0.5, 0.6) is 0 Å². The minimum Gasteiger partial charge on any atom is -0.330 e. The van der Waals surface area contributed by atoms with Crippen LogP contribution in [0, 0.1) is 11.3 Å². The van der Waals surface area contributed by atoms with Crippen molar-refractivity contribution in [2.75, 3.05) is 7.05 Å². The lowest BCUT2D eigenvalue weighted by Gasteiger charge is -2.09. The molecule has 4 N–H and O–H groups in total. The summed E-state index contributed by atoms with van der Waals surface area (Å²) in [5.41, 5.74) is 0. The van der Waals surface area contributed by atoms with Crippen LogP contribution in [0.15, 0.2) is 0 Å². The average Bonchev–Trinajstić information content (AvgIpc) is 1.67. The number of nitrogens with zero attached hydrogens (tertiary/aromatic N) is 1. The predicted molar refractivity (Wildman–Crippen MR) is 29.7 cm³/mol. The molecule has 0 bridgehead atoms. The van der Waals surface area contributed by atoms with Crippen LogP contribution in [0.25, 0.3) is 0 Å². The van der Waals surface area contributed by atoms with Crippen molar-refractivity contribution in [3.05, 3.63) is 0 Å². The molecule has 0 atom stereocenters. The van der Waals surface area contributed by atoms with Crippen LogP contribution in [0.4, 0.5) is 0 Å². The van der Waals surface area contributed by atoms with Gasteiger partial charge in [0.2, 0.25) is 0 Å². The topological polar surface area (TPSA) is 96.5 Å². The lowest BCUT2D eigenvalue weighted by Crippen LogP contribution is -2.41. The number of hydrogen-bond donors (Lipinski definition) is 4. The molecule has 5 heteroatoms. The molecule has 0 heterocycles. The summed E-state index contributed by atoms with van der Waals surface area (Å²) in [6.45, 7) is 1.43.